The number of nitrogens with zero attached hydrogens (tertiary/aromatic N) is 3. The highest BCUT2D eigenvalue weighted by Gasteiger charge is 2.44. The number of urea groups is 1. The Kier molecular flexibility index (Phi) is 3.37. The second-order valence-electron chi connectivity index (χ2n) is 6.30. The van der Waals surface area contributed by atoms with E-state index in [9.17, 15) is 9.59 Å². The fourth-order valence-electron chi connectivity index (χ4n) is 3.43. The number of fused-ring (bicyclic) bond motifs is 1. The summed E-state index contributed by atoms with van der Waals surface area (Å²) >= 11 is 0. The maximum atomic E-state index is 12.3. The molecule has 2 aromatic rings. The third kappa shape index (κ3) is 2.72. The highest BCUT2D eigenvalue weighted by molar-refractivity contribution is 5.90. The molecule has 3 aliphatic rings. The van der Waals surface area contributed by atoms with Crippen molar-refractivity contribution in [1.29, 1.82) is 0 Å². The Hall–Kier alpha value is -2.63. The van der Waals surface area contributed by atoms with Gasteiger partial charge < -0.3 is 10.2 Å². The molecule has 2 aliphatic heterocycles. The van der Waals surface area contributed by atoms with Gasteiger partial charge in [0, 0.05) is 30.7 Å². The molecule has 0 atom stereocenters. The average molecular weight is 310 g/mol. The van der Waals surface area contributed by atoms with Crippen LogP contribution in [0.1, 0.15) is 18.4 Å². The summed E-state index contributed by atoms with van der Waals surface area (Å²) < 4.78 is 1.54. The molecule has 0 spiro atoms. The van der Waals surface area contributed by atoms with Crippen LogP contribution in [0.3, 0.4) is 0 Å². The number of carbonyl (C=O) groups is 1. The largest absolute Gasteiger partial charge is 0.347 e. The maximum absolute atomic E-state index is 12.3. The first-order valence-corrected chi connectivity index (χ1v) is 7.87. The minimum Gasteiger partial charge on any atom is -0.321 e. The van der Waals surface area contributed by atoms with Crippen molar-refractivity contribution in [1.82, 2.24) is 14.5 Å². The van der Waals surface area contributed by atoms with E-state index >= 15 is 0 Å². The standard InChI is InChI=1S/C17H18N4O2/c22-16-18-5-2-6-20(16)10-12-3-1-4-14(7-12)19-17(23)21-11-13-8-15(21)9-13/h1-7,13,15H,8-11H2,(H,19,23). The predicted molar refractivity (Wildman–Crippen MR) is 86.3 cm³/mol. The molecule has 2 amide bonds. The zero-order chi connectivity index (χ0) is 15.8. The highest BCUT2D eigenvalue weighted by Crippen LogP contribution is 2.40. The van der Waals surface area contributed by atoms with Crippen molar-refractivity contribution in [3.8, 4) is 0 Å². The molecule has 1 aromatic carbocycles. The van der Waals surface area contributed by atoms with Crippen LogP contribution in [-0.4, -0.2) is 33.1 Å². The second-order valence-corrected chi connectivity index (χ2v) is 6.30. The van der Waals surface area contributed by atoms with Gasteiger partial charge in [-0.25, -0.2) is 14.6 Å². The van der Waals surface area contributed by atoms with Gasteiger partial charge >= 0.3 is 11.7 Å². The van der Waals surface area contributed by atoms with Crippen LogP contribution in [0.5, 0.6) is 0 Å². The minimum atomic E-state index is -0.279. The summed E-state index contributed by atoms with van der Waals surface area (Å²) in [5.74, 6) is 0.703. The van der Waals surface area contributed by atoms with Crippen LogP contribution in [0, 0.1) is 5.92 Å². The molecule has 5 rings (SSSR count). The monoisotopic (exact) mass is 310 g/mol. The molecule has 1 aliphatic carbocycles. The van der Waals surface area contributed by atoms with Gasteiger partial charge in [0.1, 0.15) is 0 Å². The van der Waals surface area contributed by atoms with E-state index < -0.39 is 0 Å². The van der Waals surface area contributed by atoms with E-state index in [4.69, 9.17) is 0 Å². The van der Waals surface area contributed by atoms with Crippen molar-refractivity contribution >= 4 is 11.7 Å². The van der Waals surface area contributed by atoms with Gasteiger partial charge in [-0.1, -0.05) is 12.1 Å². The molecular formula is C17H18N4O2. The van der Waals surface area contributed by atoms with Crippen LogP contribution < -0.4 is 11.0 Å². The lowest BCUT2D eigenvalue weighted by Crippen LogP contribution is -2.37. The lowest BCUT2D eigenvalue weighted by Gasteiger charge is -2.25. The van der Waals surface area contributed by atoms with Gasteiger partial charge in [0.15, 0.2) is 0 Å². The van der Waals surface area contributed by atoms with Crippen LogP contribution in [0.2, 0.25) is 0 Å². The van der Waals surface area contributed by atoms with E-state index in [2.05, 4.69) is 10.3 Å². The maximum Gasteiger partial charge on any atom is 0.347 e. The number of nitrogens with one attached hydrogen (secondary N) is 1. The van der Waals surface area contributed by atoms with Crippen molar-refractivity contribution in [3.05, 3.63) is 58.8 Å². The molecule has 1 aromatic heterocycles. The lowest BCUT2D eigenvalue weighted by molar-refractivity contribution is 0.207. The van der Waals surface area contributed by atoms with Gasteiger partial charge in [-0.3, -0.25) is 4.57 Å². The van der Waals surface area contributed by atoms with Gasteiger partial charge in [0.05, 0.1) is 6.54 Å². The Morgan fingerprint density at radius 1 is 1.30 bits per heavy atom. The fourth-order valence-corrected chi connectivity index (χ4v) is 3.43. The fraction of sp³-hybridized carbons (Fsp3) is 0.353. The van der Waals surface area contributed by atoms with Crippen LogP contribution in [0.4, 0.5) is 10.5 Å². The molecule has 3 heterocycles. The normalized spacial score (nSPS) is 21.8. The molecule has 6 heteroatoms. The molecule has 23 heavy (non-hydrogen) atoms. The van der Waals surface area contributed by atoms with Gasteiger partial charge in [0.2, 0.25) is 0 Å². The third-order valence-electron chi connectivity index (χ3n) is 4.68. The third-order valence-corrected chi connectivity index (χ3v) is 4.68. The second kappa shape index (κ2) is 5.53. The first-order valence-electron chi connectivity index (χ1n) is 7.87. The van der Waals surface area contributed by atoms with Gasteiger partial charge in [-0.2, -0.15) is 0 Å². The van der Waals surface area contributed by atoms with Crippen LogP contribution in [0.25, 0.3) is 0 Å². The summed E-state index contributed by atoms with van der Waals surface area (Å²) in [5.41, 5.74) is 1.43. The number of rotatable bonds is 3. The van der Waals surface area contributed by atoms with Crippen molar-refractivity contribution < 1.29 is 4.79 Å². The van der Waals surface area contributed by atoms with Gasteiger partial charge in [-0.15, -0.1) is 0 Å². The summed E-state index contributed by atoms with van der Waals surface area (Å²) in [7, 11) is 0. The summed E-state index contributed by atoms with van der Waals surface area (Å²) in [6, 6.07) is 9.72. The number of carbonyl (C=O) groups excluding carboxylic acids is 1. The average Bonchev–Trinajstić information content (AvgIpc) is 3.10. The summed E-state index contributed by atoms with van der Waals surface area (Å²) in [6.07, 6.45) is 5.49. The molecule has 6 nitrogen and oxygen atoms in total. The molecule has 2 bridgehead atoms. The topological polar surface area (TPSA) is 67.2 Å². The van der Waals surface area contributed by atoms with E-state index in [0.717, 1.165) is 30.6 Å². The first kappa shape index (κ1) is 14.0. The molecular weight excluding hydrogens is 292 g/mol. The van der Waals surface area contributed by atoms with Crippen LogP contribution in [0.15, 0.2) is 47.5 Å². The van der Waals surface area contributed by atoms with Crippen molar-refractivity contribution in [3.63, 3.8) is 0 Å². The SMILES string of the molecule is O=C(Nc1cccc(Cn2cccnc2=O)c1)N1CC2CC1C2. The van der Waals surface area contributed by atoms with Crippen LogP contribution >= 0.6 is 0 Å². The zero-order valence-corrected chi connectivity index (χ0v) is 12.7. The molecule has 118 valence electrons. The Morgan fingerprint density at radius 3 is 2.91 bits per heavy atom. The predicted octanol–water partition coefficient (Wildman–Crippen LogP) is 1.92. The number of benzene rings is 1. The number of hydrogen-bond acceptors (Lipinski definition) is 3. The molecule has 1 N–H and O–H groups in total. The zero-order valence-electron chi connectivity index (χ0n) is 12.7. The number of anilines is 1. The molecule has 1 saturated carbocycles. The number of aromatic nitrogens is 2. The molecule has 2 saturated heterocycles. The Morgan fingerprint density at radius 2 is 2.17 bits per heavy atom. The Labute approximate surface area is 133 Å². The number of amides is 2. The number of hydrogen-bond donors (Lipinski definition) is 1. The lowest BCUT2D eigenvalue weighted by atomic mass is 9.86. The van der Waals surface area contributed by atoms with Crippen LogP contribution in [-0.2, 0) is 6.54 Å². The van der Waals surface area contributed by atoms with E-state index in [1.54, 1.807) is 12.3 Å². The highest BCUT2D eigenvalue weighted by atomic mass is 16.2. The molecule has 3 fully saturated rings. The van der Waals surface area contributed by atoms with E-state index in [0.29, 0.717) is 18.5 Å². The first-order chi connectivity index (χ1) is 11.2. The molecule has 0 radical (unpaired) electrons. The summed E-state index contributed by atoms with van der Waals surface area (Å²) in [5, 5.41) is 2.97. The quantitative estimate of drug-likeness (QED) is 0.942. The Balaban J connectivity index is 1.47. The van der Waals surface area contributed by atoms with Gasteiger partial charge in [-0.05, 0) is 42.5 Å². The molecule has 0 unspecified atom stereocenters. The summed E-state index contributed by atoms with van der Waals surface area (Å²) in [4.78, 5) is 29.7. The van der Waals surface area contributed by atoms with Crippen molar-refractivity contribution in [2.75, 3.05) is 11.9 Å². The summed E-state index contributed by atoms with van der Waals surface area (Å²) in [6.45, 7) is 1.31. The van der Waals surface area contributed by atoms with E-state index in [1.165, 1.54) is 10.8 Å². The minimum absolute atomic E-state index is 0.0225. The van der Waals surface area contributed by atoms with Gasteiger partial charge in [0.25, 0.3) is 0 Å². The van der Waals surface area contributed by atoms with Crippen molar-refractivity contribution in [2.24, 2.45) is 5.92 Å². The smallest absolute Gasteiger partial charge is 0.321 e. The van der Waals surface area contributed by atoms with E-state index in [1.807, 2.05) is 29.2 Å². The van der Waals surface area contributed by atoms with E-state index in [-0.39, 0.29) is 11.7 Å². The Bertz CT molecular complexity index is 795. The van der Waals surface area contributed by atoms with Crippen molar-refractivity contribution in [2.45, 2.75) is 25.4 Å².